The molecule has 2 aromatic carbocycles. The van der Waals surface area contributed by atoms with Crippen LogP contribution in [0.2, 0.25) is 0 Å². The first-order chi connectivity index (χ1) is 12.0. The van der Waals surface area contributed by atoms with E-state index in [1.165, 1.54) is 11.1 Å². The number of carbonyl (C=O) groups is 1. The molecule has 1 heterocycles. The van der Waals surface area contributed by atoms with Gasteiger partial charge in [-0.15, -0.1) is 0 Å². The predicted octanol–water partition coefficient (Wildman–Crippen LogP) is -0.496. The minimum Gasteiger partial charge on any atom is -0.548 e. The topological polar surface area (TPSA) is 55.4 Å². The number of para-hydroxylation sites is 1. The number of aryl methyl sites for hydroxylation is 2. The maximum Gasteiger partial charge on any atom is 1.00 e. The second-order valence-corrected chi connectivity index (χ2v) is 7.01. The largest absolute Gasteiger partial charge is 1.00 e. The molecule has 0 aromatic heterocycles. The van der Waals surface area contributed by atoms with Crippen LogP contribution in [0.4, 0.5) is 5.69 Å². The van der Waals surface area contributed by atoms with Gasteiger partial charge in [0.25, 0.3) is 0 Å². The van der Waals surface area contributed by atoms with Crippen LogP contribution in [0.5, 0.6) is 0 Å². The normalized spacial score (nSPS) is 16.5. The van der Waals surface area contributed by atoms with Crippen molar-refractivity contribution in [3.05, 3.63) is 65.2 Å². The fourth-order valence-corrected chi connectivity index (χ4v) is 3.47. The monoisotopic (exact) mass is 360 g/mol. The molecule has 1 saturated heterocycles. The maximum absolute atomic E-state index is 11.9. The molecule has 132 valence electrons. The van der Waals surface area contributed by atoms with E-state index in [4.69, 9.17) is 0 Å². The number of benzene rings is 2. The molecule has 3 rings (SSSR count). The molecule has 1 aliphatic heterocycles. The van der Waals surface area contributed by atoms with Gasteiger partial charge in [-0.05, 0) is 49.4 Å². The summed E-state index contributed by atoms with van der Waals surface area (Å²) in [6.45, 7) is 6.44. The summed E-state index contributed by atoms with van der Waals surface area (Å²) in [6.07, 6.45) is 1.07. The van der Waals surface area contributed by atoms with Crippen molar-refractivity contribution < 1.29 is 39.5 Å². The second kappa shape index (κ2) is 9.05. The summed E-state index contributed by atoms with van der Waals surface area (Å²) in [4.78, 5) is 14.2. The van der Waals surface area contributed by atoms with E-state index in [1.807, 2.05) is 37.3 Å². The molecular formula is C21H25N2NaO2. The summed E-state index contributed by atoms with van der Waals surface area (Å²) in [5, 5.41) is 15.2. The maximum atomic E-state index is 11.9. The van der Waals surface area contributed by atoms with E-state index < -0.39 is 11.5 Å². The van der Waals surface area contributed by atoms with Crippen LogP contribution in [0.25, 0.3) is 0 Å². The summed E-state index contributed by atoms with van der Waals surface area (Å²) < 4.78 is 0. The molecule has 0 spiro atoms. The summed E-state index contributed by atoms with van der Waals surface area (Å²) >= 11 is 0. The van der Waals surface area contributed by atoms with Crippen LogP contribution in [0.1, 0.15) is 29.5 Å². The molecule has 0 saturated carbocycles. The van der Waals surface area contributed by atoms with E-state index in [1.54, 1.807) is 0 Å². The van der Waals surface area contributed by atoms with Gasteiger partial charge in [0.2, 0.25) is 0 Å². The van der Waals surface area contributed by atoms with Gasteiger partial charge in [0.15, 0.2) is 0 Å². The molecule has 2 aromatic rings. The van der Waals surface area contributed by atoms with Gasteiger partial charge in [0.05, 0.1) is 11.5 Å². The Bertz CT molecular complexity index is 755. The molecule has 1 N–H and O–H groups in total. The van der Waals surface area contributed by atoms with Crippen molar-refractivity contribution in [1.29, 1.82) is 0 Å². The zero-order chi connectivity index (χ0) is 17.9. The molecular weight excluding hydrogens is 335 g/mol. The molecule has 0 radical (unpaired) electrons. The van der Waals surface area contributed by atoms with Gasteiger partial charge < -0.3 is 15.2 Å². The predicted molar refractivity (Wildman–Crippen MR) is 98.2 cm³/mol. The number of rotatable bonds is 5. The van der Waals surface area contributed by atoms with Gasteiger partial charge in [-0.1, -0.05) is 42.5 Å². The first kappa shape index (κ1) is 21.0. The second-order valence-electron chi connectivity index (χ2n) is 7.01. The van der Waals surface area contributed by atoms with Crippen LogP contribution < -0.4 is 40.0 Å². The molecule has 0 unspecified atom stereocenters. The average molecular weight is 360 g/mol. The number of carboxylic acids is 1. The molecule has 0 atom stereocenters. The SMILES string of the molecule is Cc1ccccc1CN1CCC(Nc2ccccc2C)(C(=O)[O-])CC1.[Na+]. The molecule has 0 aliphatic carbocycles. The van der Waals surface area contributed by atoms with Crippen molar-refractivity contribution in [2.45, 2.75) is 38.8 Å². The van der Waals surface area contributed by atoms with Gasteiger partial charge >= 0.3 is 29.6 Å². The van der Waals surface area contributed by atoms with Gasteiger partial charge in [-0.2, -0.15) is 0 Å². The molecule has 26 heavy (non-hydrogen) atoms. The third-order valence-electron chi connectivity index (χ3n) is 5.27. The number of aliphatic carboxylic acids is 1. The van der Waals surface area contributed by atoms with Gasteiger partial charge in [-0.3, -0.25) is 4.90 Å². The fourth-order valence-electron chi connectivity index (χ4n) is 3.47. The Hall–Kier alpha value is -1.33. The van der Waals surface area contributed by atoms with Gasteiger partial charge in [-0.25, -0.2) is 0 Å². The third-order valence-corrected chi connectivity index (χ3v) is 5.27. The van der Waals surface area contributed by atoms with E-state index in [2.05, 4.69) is 35.3 Å². The van der Waals surface area contributed by atoms with Crippen LogP contribution in [0, 0.1) is 13.8 Å². The van der Waals surface area contributed by atoms with Crippen molar-refractivity contribution in [2.75, 3.05) is 18.4 Å². The van der Waals surface area contributed by atoms with Crippen molar-refractivity contribution >= 4 is 11.7 Å². The number of anilines is 1. The number of hydrogen-bond acceptors (Lipinski definition) is 4. The molecule has 1 fully saturated rings. The fraction of sp³-hybridized carbons (Fsp3) is 0.381. The third kappa shape index (κ3) is 4.68. The molecule has 4 nitrogen and oxygen atoms in total. The minimum atomic E-state index is -1.01. The van der Waals surface area contributed by atoms with E-state index in [0.717, 1.165) is 30.9 Å². The van der Waals surface area contributed by atoms with Crippen LogP contribution in [0.3, 0.4) is 0 Å². The van der Waals surface area contributed by atoms with E-state index in [0.29, 0.717) is 12.8 Å². The summed E-state index contributed by atoms with van der Waals surface area (Å²) in [5.41, 5.74) is 3.51. The number of nitrogens with zero attached hydrogens (tertiary/aromatic N) is 1. The van der Waals surface area contributed by atoms with Gasteiger partial charge in [0, 0.05) is 25.3 Å². The Morgan fingerprint density at radius 3 is 2.19 bits per heavy atom. The van der Waals surface area contributed by atoms with Crippen LogP contribution >= 0.6 is 0 Å². The van der Waals surface area contributed by atoms with E-state index in [9.17, 15) is 9.90 Å². The molecule has 0 amide bonds. The van der Waals surface area contributed by atoms with Crippen molar-refractivity contribution in [3.63, 3.8) is 0 Å². The van der Waals surface area contributed by atoms with Gasteiger partial charge in [0.1, 0.15) is 0 Å². The standard InChI is InChI=1S/C21H26N2O2.Na/c1-16-7-3-5-9-18(16)15-23-13-11-21(12-14-23,20(24)25)22-19-10-6-4-8-17(19)2;/h3-10,22H,11-15H2,1-2H3,(H,24,25);/q;+1/p-1. The summed E-state index contributed by atoms with van der Waals surface area (Å²) in [5.74, 6) is -1.01. The quantitative estimate of drug-likeness (QED) is 0.731. The number of carboxylic acid groups (broad SMARTS) is 1. The van der Waals surface area contributed by atoms with Crippen LogP contribution in [-0.2, 0) is 11.3 Å². The van der Waals surface area contributed by atoms with E-state index >= 15 is 0 Å². The summed E-state index contributed by atoms with van der Waals surface area (Å²) in [6, 6.07) is 16.1. The van der Waals surface area contributed by atoms with Crippen molar-refractivity contribution in [1.82, 2.24) is 4.90 Å². The minimum absolute atomic E-state index is 0. The Labute approximate surface area is 177 Å². The molecule has 0 bridgehead atoms. The summed E-state index contributed by atoms with van der Waals surface area (Å²) in [7, 11) is 0. The number of hydrogen-bond donors (Lipinski definition) is 1. The van der Waals surface area contributed by atoms with E-state index in [-0.39, 0.29) is 29.6 Å². The zero-order valence-electron chi connectivity index (χ0n) is 15.9. The number of carbonyl (C=O) groups excluding carboxylic acids is 1. The number of likely N-dealkylation sites (tertiary alicyclic amines) is 1. The van der Waals surface area contributed by atoms with Crippen LogP contribution in [-0.4, -0.2) is 29.5 Å². The molecule has 1 aliphatic rings. The Morgan fingerprint density at radius 2 is 1.62 bits per heavy atom. The number of nitrogens with one attached hydrogen (secondary N) is 1. The first-order valence-corrected chi connectivity index (χ1v) is 8.82. The molecule has 5 heteroatoms. The van der Waals surface area contributed by atoms with Crippen molar-refractivity contribution in [2.24, 2.45) is 0 Å². The average Bonchev–Trinajstić information content (AvgIpc) is 2.60. The van der Waals surface area contributed by atoms with Crippen molar-refractivity contribution in [3.8, 4) is 0 Å². The number of piperidine rings is 1. The first-order valence-electron chi connectivity index (χ1n) is 8.82. The van der Waals surface area contributed by atoms with Crippen LogP contribution in [0.15, 0.2) is 48.5 Å². The zero-order valence-corrected chi connectivity index (χ0v) is 17.9. The Balaban J connectivity index is 0.00000243. The Kier molecular flexibility index (Phi) is 7.30. The smallest absolute Gasteiger partial charge is 0.548 e. The Morgan fingerprint density at radius 1 is 1.04 bits per heavy atom.